The summed E-state index contributed by atoms with van der Waals surface area (Å²) in [5.41, 5.74) is 9.09. The second-order valence-corrected chi connectivity index (χ2v) is 24.5. The Bertz CT molecular complexity index is 3820. The van der Waals surface area contributed by atoms with Crippen molar-refractivity contribution in [2.45, 2.75) is 84.1 Å². The Labute approximate surface area is 529 Å². The quantitative estimate of drug-likeness (QED) is 0.0711. The summed E-state index contributed by atoms with van der Waals surface area (Å²) in [5.74, 6) is 0.664. The first-order valence-corrected chi connectivity index (χ1v) is 31.9. The Morgan fingerprint density at radius 3 is 1.86 bits per heavy atom. The molecule has 2 aromatic heterocycles. The average Bonchev–Trinajstić information content (AvgIpc) is 0.970. The predicted octanol–water partition coefficient (Wildman–Crippen LogP) is 7.76. The normalized spacial score (nSPS) is 19.9. The smallest absolute Gasteiger partial charge is 0.318 e. The number of allylic oxidation sites excluding steroid dienone is 2. The number of hydrogen-bond donors (Lipinski definition) is 0. The van der Waals surface area contributed by atoms with Gasteiger partial charge < -0.3 is 48.5 Å². The van der Waals surface area contributed by atoms with Crippen LogP contribution in [-0.2, 0) is 51.6 Å². The fourth-order valence-corrected chi connectivity index (χ4v) is 14.1. The standard InChI is InChI=1S/C69H78F2N14O6/c1-47-9-3-11-51-12-5-14-59(64(47)51)79-26-19-55-57(44-79)75-69(77-67(55)82-29-31-85(54(43-82)18-24-73)62(87)16-7-22-71)91-46-50-39-63(88)83(41-50)40-49-37-52-13-4-10-48(2)65(52)60(38-49)80-27-20-56-58(45-80)74-68(90-36-33-78-25-8-34-89-35-32-78)76-66(56)81-28-30-84(53(42-81)17-23-72)61(86)15-6-21-70/h3-7,9-16,37-38,50,53-54H,8,17-22,25-36,39-46H2,1-2H3/b15-6+,16-7+/t50?,53-,54-/m0/s1. The zero-order chi connectivity index (χ0) is 63.0. The molecular formula is C69H78F2N14O6. The van der Waals surface area contributed by atoms with Crippen molar-refractivity contribution in [3.05, 3.63) is 130 Å². The highest BCUT2D eigenvalue weighted by molar-refractivity contribution is 5.98. The highest BCUT2D eigenvalue weighted by Gasteiger charge is 2.37. The number of alkyl halides is 2. The number of aromatic nitrogens is 4. The molecule has 0 spiro atoms. The van der Waals surface area contributed by atoms with Crippen molar-refractivity contribution in [3.8, 4) is 24.2 Å². The molecule has 0 aliphatic carbocycles. The summed E-state index contributed by atoms with van der Waals surface area (Å²) in [4.78, 5) is 77.6. The van der Waals surface area contributed by atoms with Crippen LogP contribution < -0.4 is 29.1 Å². The Morgan fingerprint density at radius 1 is 0.659 bits per heavy atom. The van der Waals surface area contributed by atoms with Crippen LogP contribution in [0.5, 0.6) is 12.0 Å². The predicted molar refractivity (Wildman–Crippen MR) is 343 cm³/mol. The lowest BCUT2D eigenvalue weighted by Gasteiger charge is -2.42. The number of benzene rings is 4. The van der Waals surface area contributed by atoms with Crippen molar-refractivity contribution >= 4 is 62.3 Å². The van der Waals surface area contributed by atoms with Gasteiger partial charge >= 0.3 is 12.0 Å². The second kappa shape index (κ2) is 28.5. The molecule has 8 heterocycles. The van der Waals surface area contributed by atoms with Crippen LogP contribution in [-0.4, -0.2) is 188 Å². The molecule has 1 unspecified atom stereocenters. The number of carbonyl (C=O) groups excluding carboxylic acids is 3. The van der Waals surface area contributed by atoms with E-state index in [1.54, 1.807) is 9.80 Å². The molecule has 0 bridgehead atoms. The molecule has 474 valence electrons. The number of fused-ring (bicyclic) bond motifs is 4. The van der Waals surface area contributed by atoms with E-state index in [0.717, 1.165) is 99.7 Å². The first-order chi connectivity index (χ1) is 44.5. The van der Waals surface area contributed by atoms with Crippen molar-refractivity contribution in [1.29, 1.82) is 10.5 Å². The van der Waals surface area contributed by atoms with Crippen LogP contribution >= 0.6 is 0 Å². The van der Waals surface area contributed by atoms with Crippen LogP contribution in [0.2, 0.25) is 0 Å². The summed E-state index contributed by atoms with van der Waals surface area (Å²) in [6.07, 6.45) is 7.58. The maximum Gasteiger partial charge on any atom is 0.318 e. The molecule has 3 atom stereocenters. The number of halogens is 2. The van der Waals surface area contributed by atoms with E-state index in [0.29, 0.717) is 110 Å². The van der Waals surface area contributed by atoms with Gasteiger partial charge in [-0.15, -0.1) is 0 Å². The van der Waals surface area contributed by atoms with E-state index >= 15 is 0 Å². The molecule has 20 nitrogen and oxygen atoms in total. The lowest BCUT2D eigenvalue weighted by Crippen LogP contribution is -2.55. The minimum Gasteiger partial charge on any atom is -0.463 e. The van der Waals surface area contributed by atoms with Gasteiger partial charge in [-0.05, 0) is 90.9 Å². The van der Waals surface area contributed by atoms with E-state index in [9.17, 15) is 33.7 Å². The van der Waals surface area contributed by atoms with Crippen molar-refractivity contribution < 1.29 is 37.4 Å². The van der Waals surface area contributed by atoms with Gasteiger partial charge in [0.1, 0.15) is 31.6 Å². The van der Waals surface area contributed by atoms with Gasteiger partial charge in [0, 0.05) is 149 Å². The van der Waals surface area contributed by atoms with Crippen molar-refractivity contribution in [1.82, 2.24) is 39.5 Å². The number of aryl methyl sites for hydroxylation is 2. The average molecular weight is 1240 g/mol. The Balaban J connectivity index is 0.786. The maximum absolute atomic E-state index is 14.2. The van der Waals surface area contributed by atoms with Crippen molar-refractivity contribution in [2.24, 2.45) is 5.92 Å². The number of amides is 3. The first kappa shape index (κ1) is 62.2. The molecule has 0 N–H and O–H groups in total. The summed E-state index contributed by atoms with van der Waals surface area (Å²) < 4.78 is 45.0. The molecule has 0 saturated carbocycles. The zero-order valence-corrected chi connectivity index (χ0v) is 52.0. The summed E-state index contributed by atoms with van der Waals surface area (Å²) >= 11 is 0. The van der Waals surface area contributed by atoms with Gasteiger partial charge in [-0.25, -0.2) is 8.78 Å². The number of nitrogens with zero attached hydrogens (tertiary/aromatic N) is 14. The lowest BCUT2D eigenvalue weighted by atomic mass is 9.97. The lowest BCUT2D eigenvalue weighted by molar-refractivity contribution is -0.129. The summed E-state index contributed by atoms with van der Waals surface area (Å²) in [5, 5.41) is 24.3. The second-order valence-electron chi connectivity index (χ2n) is 24.5. The maximum atomic E-state index is 14.2. The fraction of sp³-hybridized carbons (Fsp3) is 0.464. The topological polar surface area (TPSA) is 204 Å². The van der Waals surface area contributed by atoms with E-state index < -0.39 is 25.4 Å². The van der Waals surface area contributed by atoms with Crippen LogP contribution in [0.4, 0.5) is 31.8 Å². The number of ether oxygens (including phenoxy) is 3. The van der Waals surface area contributed by atoms with E-state index in [1.807, 2.05) is 4.90 Å². The number of hydrogen-bond acceptors (Lipinski definition) is 17. The minimum absolute atomic E-state index is 0.0242. The van der Waals surface area contributed by atoms with Gasteiger partial charge in [-0.3, -0.25) is 19.3 Å². The SMILES string of the molecule is Cc1cccc2cc(CN3CC(COc4nc5c(c(N6CCN(C(=O)/C=C/CF)[C@@H](CC#N)C6)n4)CCN(c4cccc6cccc(C)c46)C5)CC3=O)cc(N3CCc4c(nc(OCCN5CCCOCC5)nc4N4CCN(C(=O)/C=C/CF)[C@@H](CC#N)C4)C3)c12. The van der Waals surface area contributed by atoms with Gasteiger partial charge in [-0.1, -0.05) is 48.5 Å². The fourth-order valence-electron chi connectivity index (χ4n) is 14.1. The number of anilines is 4. The number of nitriles is 2. The number of carbonyl (C=O) groups is 3. The van der Waals surface area contributed by atoms with Crippen LogP contribution in [0.15, 0.2) is 91.0 Å². The third kappa shape index (κ3) is 13.9. The molecule has 6 aromatic rings. The van der Waals surface area contributed by atoms with Crippen molar-refractivity contribution in [3.63, 3.8) is 0 Å². The van der Waals surface area contributed by atoms with E-state index in [4.69, 9.17) is 34.1 Å². The summed E-state index contributed by atoms with van der Waals surface area (Å²) in [6, 6.07) is 27.5. The van der Waals surface area contributed by atoms with Gasteiger partial charge in [0.2, 0.25) is 17.7 Å². The molecule has 0 radical (unpaired) electrons. The third-order valence-corrected chi connectivity index (χ3v) is 18.6. The van der Waals surface area contributed by atoms with E-state index in [2.05, 4.69) is 117 Å². The molecule has 6 aliphatic heterocycles. The number of rotatable bonds is 19. The van der Waals surface area contributed by atoms with Crippen LogP contribution in [0.1, 0.15) is 64.9 Å². The molecule has 22 heteroatoms. The Morgan fingerprint density at radius 2 is 1.24 bits per heavy atom. The summed E-state index contributed by atoms with van der Waals surface area (Å²) in [6.45, 7) is 12.6. The van der Waals surface area contributed by atoms with E-state index in [1.165, 1.54) is 35.3 Å². The number of piperazine rings is 2. The Kier molecular flexibility index (Phi) is 19.5. The molecule has 6 aliphatic rings. The van der Waals surface area contributed by atoms with Gasteiger partial charge in [-0.2, -0.15) is 30.5 Å². The van der Waals surface area contributed by atoms with E-state index in [-0.39, 0.29) is 61.5 Å². The van der Waals surface area contributed by atoms with Gasteiger partial charge in [0.05, 0.1) is 74.8 Å². The number of likely N-dealkylation sites (tertiary alicyclic amines) is 1. The minimum atomic E-state index is -0.756. The highest BCUT2D eigenvalue weighted by atomic mass is 19.1. The molecular weight excluding hydrogens is 1160 g/mol. The van der Waals surface area contributed by atoms with Crippen LogP contribution in [0.3, 0.4) is 0 Å². The molecule has 4 fully saturated rings. The monoisotopic (exact) mass is 1240 g/mol. The Hall–Kier alpha value is -8.99. The van der Waals surface area contributed by atoms with Gasteiger partial charge in [0.15, 0.2) is 0 Å². The molecule has 91 heavy (non-hydrogen) atoms. The van der Waals surface area contributed by atoms with Crippen molar-refractivity contribution in [2.75, 3.05) is 138 Å². The first-order valence-electron chi connectivity index (χ1n) is 31.9. The molecule has 4 saturated heterocycles. The third-order valence-electron chi connectivity index (χ3n) is 18.6. The molecule has 3 amide bonds. The summed E-state index contributed by atoms with van der Waals surface area (Å²) in [7, 11) is 0. The highest BCUT2D eigenvalue weighted by Crippen LogP contribution is 2.40. The van der Waals surface area contributed by atoms with Gasteiger partial charge in [0.25, 0.3) is 0 Å². The van der Waals surface area contributed by atoms with Crippen LogP contribution in [0, 0.1) is 42.4 Å². The molecule has 4 aromatic carbocycles. The van der Waals surface area contributed by atoms with Crippen LogP contribution in [0.25, 0.3) is 21.5 Å². The zero-order valence-electron chi connectivity index (χ0n) is 52.0. The molecule has 12 rings (SSSR count). The largest absolute Gasteiger partial charge is 0.463 e.